The first-order chi connectivity index (χ1) is 7.61. The van der Waals surface area contributed by atoms with Gasteiger partial charge in [-0.3, -0.25) is 0 Å². The van der Waals surface area contributed by atoms with Gasteiger partial charge in [-0.1, -0.05) is 0 Å². The van der Waals surface area contributed by atoms with E-state index >= 15 is 0 Å². The third-order valence-electron chi connectivity index (χ3n) is 2.71. The molecule has 1 heterocycles. The Bertz CT molecular complexity index is 403. The molecular formula is C11H14FNO3. The largest absolute Gasteiger partial charge is 0.504 e. The molecule has 16 heavy (non-hydrogen) atoms. The number of hydrogen-bond acceptors (Lipinski definition) is 4. The third kappa shape index (κ3) is 1.83. The number of aromatic hydroxyl groups is 2. The van der Waals surface area contributed by atoms with Gasteiger partial charge in [0, 0.05) is 18.7 Å². The van der Waals surface area contributed by atoms with Crippen LogP contribution in [0.1, 0.15) is 17.2 Å². The van der Waals surface area contributed by atoms with Gasteiger partial charge in [-0.25, -0.2) is 4.39 Å². The normalized spacial score (nSPS) is 21.0. The van der Waals surface area contributed by atoms with Crippen molar-refractivity contribution in [3.63, 3.8) is 0 Å². The van der Waals surface area contributed by atoms with Gasteiger partial charge in [-0.15, -0.1) is 0 Å². The van der Waals surface area contributed by atoms with Crippen LogP contribution in [0.5, 0.6) is 11.5 Å². The van der Waals surface area contributed by atoms with Crippen molar-refractivity contribution in [2.45, 2.75) is 13.0 Å². The average Bonchev–Trinajstić information content (AvgIpc) is 2.32. The highest BCUT2D eigenvalue weighted by Gasteiger charge is 2.23. The summed E-state index contributed by atoms with van der Waals surface area (Å²) < 4.78 is 19.1. The minimum absolute atomic E-state index is 0.278. The Morgan fingerprint density at radius 1 is 1.44 bits per heavy atom. The highest BCUT2D eigenvalue weighted by molar-refractivity contribution is 5.48. The summed E-state index contributed by atoms with van der Waals surface area (Å²) in [6.45, 7) is 3.35. The minimum Gasteiger partial charge on any atom is -0.504 e. The van der Waals surface area contributed by atoms with E-state index in [-0.39, 0.29) is 5.56 Å². The predicted molar refractivity (Wildman–Crippen MR) is 56.0 cm³/mol. The van der Waals surface area contributed by atoms with Crippen LogP contribution >= 0.6 is 0 Å². The predicted octanol–water partition coefficient (Wildman–Crippen LogP) is 1.21. The molecule has 0 radical (unpaired) electrons. The number of phenolic OH excluding ortho intramolecular Hbond substituents is 2. The van der Waals surface area contributed by atoms with Crippen LogP contribution in [0.15, 0.2) is 6.07 Å². The first-order valence-corrected chi connectivity index (χ1v) is 5.14. The van der Waals surface area contributed by atoms with Crippen molar-refractivity contribution < 1.29 is 19.3 Å². The molecule has 1 saturated heterocycles. The Labute approximate surface area is 92.7 Å². The van der Waals surface area contributed by atoms with Crippen molar-refractivity contribution in [2.75, 3.05) is 19.7 Å². The Morgan fingerprint density at radius 2 is 2.19 bits per heavy atom. The molecule has 2 rings (SSSR count). The van der Waals surface area contributed by atoms with Crippen molar-refractivity contribution in [3.05, 3.63) is 23.0 Å². The maximum atomic E-state index is 13.7. The van der Waals surface area contributed by atoms with E-state index < -0.39 is 23.4 Å². The summed E-state index contributed by atoms with van der Waals surface area (Å²) >= 11 is 0. The van der Waals surface area contributed by atoms with Gasteiger partial charge in [0.2, 0.25) is 0 Å². The second-order valence-corrected chi connectivity index (χ2v) is 3.86. The van der Waals surface area contributed by atoms with Crippen LogP contribution in [0.4, 0.5) is 4.39 Å². The maximum absolute atomic E-state index is 13.7. The smallest absolute Gasteiger partial charge is 0.194 e. The van der Waals surface area contributed by atoms with Crippen molar-refractivity contribution >= 4 is 0 Å². The van der Waals surface area contributed by atoms with Crippen LogP contribution in [-0.2, 0) is 4.74 Å². The molecule has 1 aromatic rings. The Hall–Kier alpha value is -1.33. The highest BCUT2D eigenvalue weighted by Crippen LogP contribution is 2.36. The molecule has 88 valence electrons. The number of benzene rings is 1. The number of ether oxygens (including phenoxy) is 1. The van der Waals surface area contributed by atoms with E-state index in [0.717, 1.165) is 6.54 Å². The fraction of sp³-hybridized carbons (Fsp3) is 0.455. The zero-order valence-electron chi connectivity index (χ0n) is 8.96. The summed E-state index contributed by atoms with van der Waals surface area (Å²) in [6.07, 6.45) is -0.418. The molecule has 0 bridgehead atoms. The van der Waals surface area contributed by atoms with Crippen LogP contribution in [-0.4, -0.2) is 29.9 Å². The molecular weight excluding hydrogens is 213 g/mol. The molecule has 1 aromatic carbocycles. The molecule has 1 fully saturated rings. The quantitative estimate of drug-likeness (QED) is 0.631. The van der Waals surface area contributed by atoms with Crippen molar-refractivity contribution in [1.29, 1.82) is 0 Å². The average molecular weight is 227 g/mol. The second-order valence-electron chi connectivity index (χ2n) is 3.86. The molecule has 1 aliphatic rings. The first-order valence-electron chi connectivity index (χ1n) is 5.14. The van der Waals surface area contributed by atoms with Gasteiger partial charge in [-0.05, 0) is 18.6 Å². The van der Waals surface area contributed by atoms with Gasteiger partial charge in [0.05, 0.1) is 12.7 Å². The van der Waals surface area contributed by atoms with Gasteiger partial charge in [0.25, 0.3) is 0 Å². The van der Waals surface area contributed by atoms with Crippen LogP contribution in [0.2, 0.25) is 0 Å². The van der Waals surface area contributed by atoms with Crippen LogP contribution in [0.3, 0.4) is 0 Å². The fourth-order valence-electron chi connectivity index (χ4n) is 1.79. The van der Waals surface area contributed by atoms with E-state index in [1.807, 2.05) is 0 Å². The molecule has 0 amide bonds. The minimum atomic E-state index is -0.809. The lowest BCUT2D eigenvalue weighted by molar-refractivity contribution is 0.0251. The summed E-state index contributed by atoms with van der Waals surface area (Å²) in [4.78, 5) is 0. The zero-order valence-corrected chi connectivity index (χ0v) is 8.96. The lowest BCUT2D eigenvalue weighted by atomic mass is 10.0. The molecule has 1 atom stereocenters. The topological polar surface area (TPSA) is 61.7 Å². The van der Waals surface area contributed by atoms with Crippen molar-refractivity contribution in [2.24, 2.45) is 0 Å². The third-order valence-corrected chi connectivity index (χ3v) is 2.71. The Balaban J connectivity index is 2.40. The van der Waals surface area contributed by atoms with E-state index in [1.54, 1.807) is 6.92 Å². The van der Waals surface area contributed by atoms with Gasteiger partial charge < -0.3 is 20.3 Å². The Kier molecular flexibility index (Phi) is 2.98. The van der Waals surface area contributed by atoms with E-state index in [2.05, 4.69) is 5.32 Å². The lowest BCUT2D eigenvalue weighted by Crippen LogP contribution is -2.33. The molecule has 0 spiro atoms. The van der Waals surface area contributed by atoms with E-state index in [9.17, 15) is 14.6 Å². The molecule has 0 aliphatic carbocycles. The van der Waals surface area contributed by atoms with Crippen LogP contribution in [0.25, 0.3) is 0 Å². The molecule has 1 aliphatic heterocycles. The number of aryl methyl sites for hydroxylation is 1. The molecule has 3 N–H and O–H groups in total. The zero-order chi connectivity index (χ0) is 11.7. The summed E-state index contributed by atoms with van der Waals surface area (Å²) in [5.41, 5.74) is 0.711. The van der Waals surface area contributed by atoms with Gasteiger partial charge in [0.15, 0.2) is 17.3 Å². The lowest BCUT2D eigenvalue weighted by Gasteiger charge is -2.25. The number of halogens is 1. The molecule has 1 unspecified atom stereocenters. The van der Waals surface area contributed by atoms with Crippen LogP contribution < -0.4 is 5.32 Å². The molecule has 0 aromatic heterocycles. The number of phenols is 2. The van der Waals surface area contributed by atoms with Crippen molar-refractivity contribution in [3.8, 4) is 11.5 Å². The first kappa shape index (κ1) is 11.2. The number of nitrogens with one attached hydrogen (secondary N) is 1. The second kappa shape index (κ2) is 4.27. The maximum Gasteiger partial charge on any atom is 0.194 e. The fourth-order valence-corrected chi connectivity index (χ4v) is 1.79. The highest BCUT2D eigenvalue weighted by atomic mass is 19.1. The standard InChI is InChI=1S/C11H14FNO3/c1-6-4-7(8-5-13-2-3-16-8)9(12)11(15)10(6)14/h4,8,13-15H,2-3,5H2,1H3. The summed E-state index contributed by atoms with van der Waals surface area (Å²) in [5, 5.41) is 21.8. The van der Waals surface area contributed by atoms with Crippen molar-refractivity contribution in [1.82, 2.24) is 5.32 Å². The molecule has 5 heteroatoms. The van der Waals surface area contributed by atoms with Crippen LogP contribution in [0, 0.1) is 12.7 Å². The summed E-state index contributed by atoms with van der Waals surface area (Å²) in [6, 6.07) is 1.50. The monoisotopic (exact) mass is 227 g/mol. The summed E-state index contributed by atoms with van der Waals surface area (Å²) in [5.74, 6) is -1.93. The SMILES string of the molecule is Cc1cc(C2CNCCO2)c(F)c(O)c1O. The van der Waals surface area contributed by atoms with Gasteiger partial charge in [0.1, 0.15) is 0 Å². The van der Waals surface area contributed by atoms with E-state index in [4.69, 9.17) is 4.74 Å². The molecule has 0 saturated carbocycles. The number of rotatable bonds is 1. The number of morpholine rings is 1. The number of hydrogen-bond donors (Lipinski definition) is 3. The summed E-state index contributed by atoms with van der Waals surface area (Å²) in [7, 11) is 0. The van der Waals surface area contributed by atoms with E-state index in [1.165, 1.54) is 6.07 Å². The van der Waals surface area contributed by atoms with E-state index in [0.29, 0.717) is 18.7 Å². The van der Waals surface area contributed by atoms with Gasteiger partial charge >= 0.3 is 0 Å². The van der Waals surface area contributed by atoms with Gasteiger partial charge in [-0.2, -0.15) is 0 Å². The molecule has 4 nitrogen and oxygen atoms in total. The Morgan fingerprint density at radius 3 is 2.81 bits per heavy atom.